The van der Waals surface area contributed by atoms with Gasteiger partial charge in [-0.3, -0.25) is 9.89 Å². The number of likely N-dealkylation sites (tertiary alicyclic amines) is 1. The number of benzene rings is 1. The zero-order valence-corrected chi connectivity index (χ0v) is 13.6. The third-order valence-corrected chi connectivity index (χ3v) is 4.63. The third kappa shape index (κ3) is 3.12. The highest BCUT2D eigenvalue weighted by Crippen LogP contribution is 2.31. The van der Waals surface area contributed by atoms with Gasteiger partial charge in [-0.15, -0.1) is 0 Å². The topological polar surface area (TPSA) is 84.2 Å². The molecule has 122 valence electrons. The molecule has 1 atom stereocenters. The van der Waals surface area contributed by atoms with Crippen LogP contribution in [0, 0.1) is 0 Å². The van der Waals surface area contributed by atoms with E-state index < -0.39 is 0 Å². The first kappa shape index (κ1) is 15.7. The number of methoxy groups -OCH3 is 1. The Labute approximate surface area is 139 Å². The van der Waals surface area contributed by atoms with Gasteiger partial charge in [0.25, 0.3) is 0 Å². The summed E-state index contributed by atoms with van der Waals surface area (Å²) in [5.74, 6) is 0.881. The van der Waals surface area contributed by atoms with Gasteiger partial charge in [-0.25, -0.2) is 0 Å². The predicted molar refractivity (Wildman–Crippen MR) is 88.6 cm³/mol. The molecule has 0 bridgehead atoms. The number of carbonyl (C=O) groups excluding carboxylic acids is 1. The minimum absolute atomic E-state index is 0.0389. The summed E-state index contributed by atoms with van der Waals surface area (Å²) < 4.78 is 5.30. The minimum Gasteiger partial charge on any atom is -0.496 e. The lowest BCUT2D eigenvalue weighted by atomic mass is 10.0. The SMILES string of the molecule is COc1cccc(Cl)c1CC(=O)N1CCC(c2[nH]ncc2N)C1. The number of nitrogen functional groups attached to an aromatic ring is 1. The van der Waals surface area contributed by atoms with Crippen LogP contribution in [0.3, 0.4) is 0 Å². The molecular formula is C16H19ClN4O2. The molecule has 1 aliphatic heterocycles. The van der Waals surface area contributed by atoms with Crippen LogP contribution in [0.25, 0.3) is 0 Å². The Morgan fingerprint density at radius 3 is 3.09 bits per heavy atom. The standard InChI is InChI=1S/C16H19ClN4O2/c1-23-14-4-2-3-12(17)11(14)7-15(22)21-6-5-10(9-21)16-13(18)8-19-20-16/h2-4,8,10H,5-7,9,18H2,1H3,(H,19,20). The van der Waals surface area contributed by atoms with E-state index in [-0.39, 0.29) is 18.2 Å². The van der Waals surface area contributed by atoms with Crippen molar-refractivity contribution in [2.45, 2.75) is 18.8 Å². The van der Waals surface area contributed by atoms with E-state index in [0.29, 0.717) is 29.5 Å². The van der Waals surface area contributed by atoms with E-state index in [1.807, 2.05) is 17.0 Å². The van der Waals surface area contributed by atoms with Crippen LogP contribution in [0.4, 0.5) is 5.69 Å². The van der Waals surface area contributed by atoms with Crippen LogP contribution in [0.1, 0.15) is 23.6 Å². The van der Waals surface area contributed by atoms with Crippen molar-refractivity contribution in [2.24, 2.45) is 0 Å². The largest absolute Gasteiger partial charge is 0.496 e. The zero-order valence-electron chi connectivity index (χ0n) is 12.9. The predicted octanol–water partition coefficient (Wildman–Crippen LogP) is 2.21. The number of aromatic amines is 1. The van der Waals surface area contributed by atoms with Crippen molar-refractivity contribution in [3.63, 3.8) is 0 Å². The van der Waals surface area contributed by atoms with Crippen molar-refractivity contribution in [3.8, 4) is 5.75 Å². The van der Waals surface area contributed by atoms with Crippen LogP contribution >= 0.6 is 11.6 Å². The molecule has 1 aliphatic rings. The van der Waals surface area contributed by atoms with Gasteiger partial charge in [-0.05, 0) is 18.6 Å². The van der Waals surface area contributed by atoms with Gasteiger partial charge in [-0.2, -0.15) is 5.10 Å². The number of nitrogens with one attached hydrogen (secondary N) is 1. The van der Waals surface area contributed by atoms with Crippen LogP contribution in [0.2, 0.25) is 5.02 Å². The fourth-order valence-electron chi connectivity index (χ4n) is 3.02. The summed E-state index contributed by atoms with van der Waals surface area (Å²) in [6.07, 6.45) is 2.71. The average molecular weight is 335 g/mol. The summed E-state index contributed by atoms with van der Waals surface area (Å²) in [5, 5.41) is 7.43. The number of amides is 1. The van der Waals surface area contributed by atoms with E-state index in [4.69, 9.17) is 22.1 Å². The number of ether oxygens (including phenoxy) is 1. The van der Waals surface area contributed by atoms with Crippen LogP contribution in [0.5, 0.6) is 5.75 Å². The molecule has 1 saturated heterocycles. The van der Waals surface area contributed by atoms with Gasteiger partial charge in [0.05, 0.1) is 31.1 Å². The lowest BCUT2D eigenvalue weighted by molar-refractivity contribution is -0.129. The highest BCUT2D eigenvalue weighted by Gasteiger charge is 2.30. The molecule has 1 amide bonds. The van der Waals surface area contributed by atoms with Crippen molar-refractivity contribution in [2.75, 3.05) is 25.9 Å². The average Bonchev–Trinajstić information content (AvgIpc) is 3.17. The van der Waals surface area contributed by atoms with E-state index in [1.54, 1.807) is 19.4 Å². The summed E-state index contributed by atoms with van der Waals surface area (Å²) in [6, 6.07) is 5.39. The van der Waals surface area contributed by atoms with Crippen LogP contribution in [-0.4, -0.2) is 41.2 Å². The van der Waals surface area contributed by atoms with Gasteiger partial charge in [0, 0.05) is 29.6 Å². The van der Waals surface area contributed by atoms with E-state index >= 15 is 0 Å². The number of halogens is 1. The molecule has 2 aromatic rings. The summed E-state index contributed by atoms with van der Waals surface area (Å²) in [6.45, 7) is 1.34. The second-order valence-electron chi connectivity index (χ2n) is 5.66. The van der Waals surface area contributed by atoms with Crippen molar-refractivity contribution >= 4 is 23.2 Å². The smallest absolute Gasteiger partial charge is 0.227 e. The number of aromatic nitrogens is 2. The molecule has 3 N–H and O–H groups in total. The highest BCUT2D eigenvalue weighted by atomic mass is 35.5. The first-order chi connectivity index (χ1) is 11.1. The summed E-state index contributed by atoms with van der Waals surface area (Å²) in [5.41, 5.74) is 8.18. The molecule has 0 radical (unpaired) electrons. The molecule has 1 fully saturated rings. The van der Waals surface area contributed by atoms with Crippen LogP contribution in [0.15, 0.2) is 24.4 Å². The molecule has 1 aromatic carbocycles. The fraction of sp³-hybridized carbons (Fsp3) is 0.375. The normalized spacial score (nSPS) is 17.5. The Bertz CT molecular complexity index is 716. The van der Waals surface area contributed by atoms with Gasteiger partial charge in [0.2, 0.25) is 5.91 Å². The second kappa shape index (κ2) is 6.50. The van der Waals surface area contributed by atoms with Gasteiger partial charge in [0.1, 0.15) is 5.75 Å². The molecule has 0 saturated carbocycles. The number of nitrogens with two attached hydrogens (primary N) is 1. The van der Waals surface area contributed by atoms with Gasteiger partial charge in [-0.1, -0.05) is 17.7 Å². The Kier molecular flexibility index (Phi) is 4.43. The molecule has 2 heterocycles. The molecule has 7 heteroatoms. The monoisotopic (exact) mass is 334 g/mol. The first-order valence-corrected chi connectivity index (χ1v) is 7.85. The highest BCUT2D eigenvalue weighted by molar-refractivity contribution is 6.31. The Hall–Kier alpha value is -2.21. The lowest BCUT2D eigenvalue weighted by Gasteiger charge is -2.18. The molecular weight excluding hydrogens is 316 g/mol. The van der Waals surface area contributed by atoms with Crippen molar-refractivity contribution in [1.29, 1.82) is 0 Å². The van der Waals surface area contributed by atoms with Gasteiger partial charge < -0.3 is 15.4 Å². The number of hydrogen-bond donors (Lipinski definition) is 2. The maximum Gasteiger partial charge on any atom is 0.227 e. The molecule has 6 nitrogen and oxygen atoms in total. The maximum atomic E-state index is 12.6. The Balaban J connectivity index is 1.70. The van der Waals surface area contributed by atoms with Crippen molar-refractivity contribution in [3.05, 3.63) is 40.7 Å². The quantitative estimate of drug-likeness (QED) is 0.897. The van der Waals surface area contributed by atoms with Gasteiger partial charge >= 0.3 is 0 Å². The minimum atomic E-state index is 0.0389. The lowest BCUT2D eigenvalue weighted by Crippen LogP contribution is -2.30. The van der Waals surface area contributed by atoms with Crippen molar-refractivity contribution in [1.82, 2.24) is 15.1 Å². The zero-order chi connectivity index (χ0) is 16.4. The first-order valence-electron chi connectivity index (χ1n) is 7.48. The number of H-pyrrole nitrogens is 1. The fourth-order valence-corrected chi connectivity index (χ4v) is 3.25. The summed E-state index contributed by atoms with van der Waals surface area (Å²) in [7, 11) is 1.58. The molecule has 1 aromatic heterocycles. The Morgan fingerprint density at radius 2 is 2.39 bits per heavy atom. The Morgan fingerprint density at radius 1 is 1.57 bits per heavy atom. The van der Waals surface area contributed by atoms with Crippen LogP contribution < -0.4 is 10.5 Å². The molecule has 1 unspecified atom stereocenters. The molecule has 23 heavy (non-hydrogen) atoms. The van der Waals surface area contributed by atoms with Crippen LogP contribution in [-0.2, 0) is 11.2 Å². The molecule has 0 aliphatic carbocycles. The van der Waals surface area contributed by atoms with E-state index in [0.717, 1.165) is 17.7 Å². The number of rotatable bonds is 4. The summed E-state index contributed by atoms with van der Waals surface area (Å²) >= 11 is 6.21. The van der Waals surface area contributed by atoms with E-state index in [9.17, 15) is 4.79 Å². The van der Waals surface area contributed by atoms with E-state index in [1.165, 1.54) is 0 Å². The number of carbonyl (C=O) groups is 1. The van der Waals surface area contributed by atoms with Gasteiger partial charge in [0.15, 0.2) is 0 Å². The number of nitrogens with zero attached hydrogens (tertiary/aromatic N) is 2. The summed E-state index contributed by atoms with van der Waals surface area (Å²) in [4.78, 5) is 14.4. The number of hydrogen-bond acceptors (Lipinski definition) is 4. The van der Waals surface area contributed by atoms with Crippen molar-refractivity contribution < 1.29 is 9.53 Å². The molecule has 0 spiro atoms. The second-order valence-corrected chi connectivity index (χ2v) is 6.07. The third-order valence-electron chi connectivity index (χ3n) is 4.27. The molecule has 3 rings (SSSR count). The number of anilines is 1. The maximum absolute atomic E-state index is 12.6. The van der Waals surface area contributed by atoms with E-state index in [2.05, 4.69) is 10.2 Å².